The molecule has 1 heterocycles. The second kappa shape index (κ2) is 6.58. The van der Waals surface area contributed by atoms with Crippen LogP contribution >= 0.6 is 0 Å². The smallest absolute Gasteiger partial charge is 0.135 e. The van der Waals surface area contributed by atoms with Crippen molar-refractivity contribution in [1.82, 2.24) is 9.78 Å². The summed E-state index contributed by atoms with van der Waals surface area (Å²) in [5.74, 6) is 0.528. The molecule has 0 spiro atoms. The van der Waals surface area contributed by atoms with E-state index in [1.54, 1.807) is 0 Å². The largest absolute Gasteiger partial charge is 0.299 e. The van der Waals surface area contributed by atoms with Gasteiger partial charge in [0.25, 0.3) is 0 Å². The van der Waals surface area contributed by atoms with Crippen LogP contribution in [0.1, 0.15) is 51.9 Å². The maximum Gasteiger partial charge on any atom is 0.135 e. The summed E-state index contributed by atoms with van der Waals surface area (Å²) in [4.78, 5) is 11.5. The minimum absolute atomic E-state index is 0.164. The number of aryl methyl sites for hydroxylation is 3. The lowest BCUT2D eigenvalue weighted by molar-refractivity contribution is -0.121. The molecule has 0 bridgehead atoms. The van der Waals surface area contributed by atoms with E-state index in [0.717, 1.165) is 31.5 Å². The van der Waals surface area contributed by atoms with Gasteiger partial charge in [-0.1, -0.05) is 20.8 Å². The number of hydrogen-bond donors (Lipinski definition) is 0. The molecule has 0 radical (unpaired) electrons. The molecule has 17 heavy (non-hydrogen) atoms. The lowest BCUT2D eigenvalue weighted by Crippen LogP contribution is -2.08. The van der Waals surface area contributed by atoms with Crippen LogP contribution in [0.4, 0.5) is 0 Å². The van der Waals surface area contributed by atoms with E-state index in [0.29, 0.717) is 12.2 Å². The van der Waals surface area contributed by atoms with E-state index < -0.39 is 0 Å². The van der Waals surface area contributed by atoms with Crippen LogP contribution < -0.4 is 0 Å². The molecule has 0 saturated heterocycles. The van der Waals surface area contributed by atoms with Crippen molar-refractivity contribution in [2.24, 2.45) is 5.92 Å². The van der Waals surface area contributed by atoms with Crippen molar-refractivity contribution >= 4 is 5.78 Å². The molecule has 0 amide bonds. The van der Waals surface area contributed by atoms with E-state index in [2.05, 4.69) is 29.7 Å². The van der Waals surface area contributed by atoms with Gasteiger partial charge >= 0.3 is 0 Å². The van der Waals surface area contributed by atoms with Crippen LogP contribution in [0.2, 0.25) is 0 Å². The number of hydrogen-bond acceptors (Lipinski definition) is 2. The van der Waals surface area contributed by atoms with Gasteiger partial charge in [-0.15, -0.1) is 0 Å². The molecule has 0 N–H and O–H groups in total. The summed E-state index contributed by atoms with van der Waals surface area (Å²) in [5, 5.41) is 4.51. The predicted octanol–water partition coefficient (Wildman–Crippen LogP) is 3.01. The summed E-state index contributed by atoms with van der Waals surface area (Å²) in [6.45, 7) is 9.07. The molecular weight excluding hydrogens is 212 g/mol. The summed E-state index contributed by atoms with van der Waals surface area (Å²) in [6.07, 6.45) is 3.56. The molecule has 0 aliphatic heterocycles. The molecule has 96 valence electrons. The highest BCUT2D eigenvalue weighted by Gasteiger charge is 2.09. The number of nitrogens with zero attached hydrogens (tertiary/aromatic N) is 2. The van der Waals surface area contributed by atoms with Crippen molar-refractivity contribution in [2.45, 2.75) is 59.9 Å². The van der Waals surface area contributed by atoms with Gasteiger partial charge in [0.2, 0.25) is 0 Å². The van der Waals surface area contributed by atoms with E-state index in [-0.39, 0.29) is 5.92 Å². The van der Waals surface area contributed by atoms with Crippen molar-refractivity contribution in [1.29, 1.82) is 0 Å². The van der Waals surface area contributed by atoms with E-state index in [4.69, 9.17) is 0 Å². The van der Waals surface area contributed by atoms with Gasteiger partial charge < -0.3 is 0 Å². The minimum Gasteiger partial charge on any atom is -0.299 e. The zero-order valence-electron chi connectivity index (χ0n) is 11.5. The summed E-state index contributed by atoms with van der Waals surface area (Å²) in [5.41, 5.74) is 2.41. The summed E-state index contributed by atoms with van der Waals surface area (Å²) < 4.78 is 2.05. The molecule has 1 aromatic rings. The molecule has 3 heteroatoms. The fraction of sp³-hybridized carbons (Fsp3) is 0.714. The number of rotatable bonds is 7. The number of carbonyl (C=O) groups is 1. The van der Waals surface area contributed by atoms with Gasteiger partial charge in [-0.05, 0) is 32.3 Å². The lowest BCUT2D eigenvalue weighted by Gasteiger charge is -2.05. The van der Waals surface area contributed by atoms with Crippen molar-refractivity contribution < 1.29 is 4.79 Å². The first kappa shape index (κ1) is 13.9. The number of aromatic nitrogens is 2. The van der Waals surface area contributed by atoms with Gasteiger partial charge in [-0.2, -0.15) is 5.10 Å². The average Bonchev–Trinajstić information content (AvgIpc) is 2.71. The molecule has 3 nitrogen and oxygen atoms in total. The van der Waals surface area contributed by atoms with Crippen LogP contribution in [0.3, 0.4) is 0 Å². The lowest BCUT2D eigenvalue weighted by atomic mass is 10.0. The van der Waals surface area contributed by atoms with E-state index in [9.17, 15) is 4.79 Å². The maximum absolute atomic E-state index is 11.5. The van der Waals surface area contributed by atoms with Gasteiger partial charge in [0.05, 0.1) is 5.69 Å². The highest BCUT2D eigenvalue weighted by molar-refractivity contribution is 5.80. The quantitative estimate of drug-likeness (QED) is 0.729. The Bertz CT molecular complexity index is 366. The molecule has 0 saturated carbocycles. The standard InChI is InChI=1S/C14H24N2O/c1-5-12-10-13(16(6-2)15-12)8-7-9-14(17)11(3)4/h10-11H,5-9H2,1-4H3. The fourth-order valence-electron chi connectivity index (χ4n) is 1.90. The second-order valence-corrected chi connectivity index (χ2v) is 4.77. The second-order valence-electron chi connectivity index (χ2n) is 4.77. The number of carbonyl (C=O) groups excluding carboxylic acids is 1. The highest BCUT2D eigenvalue weighted by Crippen LogP contribution is 2.11. The van der Waals surface area contributed by atoms with Crippen molar-refractivity contribution in [3.63, 3.8) is 0 Å². The SMILES string of the molecule is CCc1cc(CCCC(=O)C(C)C)n(CC)n1. The molecule has 0 atom stereocenters. The Balaban J connectivity index is 2.51. The highest BCUT2D eigenvalue weighted by atomic mass is 16.1. The zero-order chi connectivity index (χ0) is 12.8. The van der Waals surface area contributed by atoms with Crippen molar-refractivity contribution in [3.05, 3.63) is 17.5 Å². The predicted molar refractivity (Wildman–Crippen MR) is 70.1 cm³/mol. The van der Waals surface area contributed by atoms with Crippen LogP contribution in [0.25, 0.3) is 0 Å². The topological polar surface area (TPSA) is 34.9 Å². The molecule has 1 aromatic heterocycles. The van der Waals surface area contributed by atoms with Crippen LogP contribution in [-0.4, -0.2) is 15.6 Å². The first-order valence-corrected chi connectivity index (χ1v) is 6.66. The molecular formula is C14H24N2O. The minimum atomic E-state index is 0.164. The Morgan fingerprint density at radius 3 is 2.65 bits per heavy atom. The zero-order valence-corrected chi connectivity index (χ0v) is 11.5. The third kappa shape index (κ3) is 3.99. The normalized spacial score (nSPS) is 11.1. The summed E-state index contributed by atoms with van der Waals surface area (Å²) >= 11 is 0. The first-order valence-electron chi connectivity index (χ1n) is 6.66. The van der Waals surface area contributed by atoms with E-state index in [1.165, 1.54) is 5.69 Å². The Kier molecular flexibility index (Phi) is 5.39. The Labute approximate surface area is 104 Å². The van der Waals surface area contributed by atoms with E-state index in [1.807, 2.05) is 13.8 Å². The summed E-state index contributed by atoms with van der Waals surface area (Å²) in [7, 11) is 0. The fourth-order valence-corrected chi connectivity index (χ4v) is 1.90. The van der Waals surface area contributed by atoms with Gasteiger partial charge in [0.1, 0.15) is 5.78 Å². The Hall–Kier alpha value is -1.12. The molecule has 0 fully saturated rings. The monoisotopic (exact) mass is 236 g/mol. The molecule has 1 rings (SSSR count). The van der Waals surface area contributed by atoms with Crippen LogP contribution in [0, 0.1) is 5.92 Å². The number of Topliss-reactive ketones (excluding diaryl/α,β-unsaturated/α-hetero) is 1. The van der Waals surface area contributed by atoms with Gasteiger partial charge in [0, 0.05) is 24.6 Å². The first-order chi connectivity index (χ1) is 8.08. The van der Waals surface area contributed by atoms with Crippen LogP contribution in [0.15, 0.2) is 6.07 Å². The van der Waals surface area contributed by atoms with E-state index >= 15 is 0 Å². The van der Waals surface area contributed by atoms with Gasteiger partial charge in [-0.25, -0.2) is 0 Å². The molecule has 0 aromatic carbocycles. The summed E-state index contributed by atoms with van der Waals surface area (Å²) in [6, 6.07) is 2.17. The average molecular weight is 236 g/mol. The maximum atomic E-state index is 11.5. The van der Waals surface area contributed by atoms with Crippen LogP contribution in [-0.2, 0) is 24.2 Å². The molecule has 0 aliphatic carbocycles. The molecule has 0 unspecified atom stereocenters. The Morgan fingerprint density at radius 2 is 2.12 bits per heavy atom. The third-order valence-corrected chi connectivity index (χ3v) is 3.08. The van der Waals surface area contributed by atoms with Crippen molar-refractivity contribution in [2.75, 3.05) is 0 Å². The third-order valence-electron chi connectivity index (χ3n) is 3.08. The Morgan fingerprint density at radius 1 is 1.41 bits per heavy atom. The van der Waals surface area contributed by atoms with Crippen molar-refractivity contribution in [3.8, 4) is 0 Å². The van der Waals surface area contributed by atoms with Gasteiger partial charge in [-0.3, -0.25) is 9.48 Å². The van der Waals surface area contributed by atoms with Gasteiger partial charge in [0.15, 0.2) is 0 Å². The van der Waals surface area contributed by atoms with Crippen LogP contribution in [0.5, 0.6) is 0 Å². The molecule has 0 aliphatic rings. The number of ketones is 1.